The number of aromatic hydroxyl groups is 2. The van der Waals surface area contributed by atoms with Crippen LogP contribution in [0.1, 0.15) is 139 Å². The standard InChI is InChI=1S/C62H70N4O7/c1-63-36-42-16-19-52-50-35-53-47(22-27-64-53)49(32-37-11-15-40-7-6-10-54(68)46(40)17-12-37)57(50)59(71)48(23-28-67)55(69)20-14-39-31-44(58(70)56(33-39)73-45-8-2-3-9-45)30-38-13-18-51(62(60(42)72)24-4-5-25-62)43(29-38)34-41-21-26-65-61(41)66-52/h6-7,10,12-13,17-18,21-22,26-27,29,31,33,35,37,42,45,48-49,52,57,60,63-68,70,72H,2-5,8-9,11,14-15,20,23-25,28,30,32,34,36H2,1H3/t37-,42+,48+,49+,52-,57-,60+/m0/s1. The number of anilines is 1. The molecule has 11 rings (SSSR count). The van der Waals surface area contributed by atoms with Gasteiger partial charge in [0.25, 0.3) is 0 Å². The van der Waals surface area contributed by atoms with Gasteiger partial charge in [0.1, 0.15) is 23.4 Å². The second kappa shape index (κ2) is 20.9. The molecule has 11 heteroatoms. The molecule has 7 atom stereocenters. The fourth-order valence-electron chi connectivity index (χ4n) is 13.7. The first-order valence-electron chi connectivity index (χ1n) is 27.1. The highest BCUT2D eigenvalue weighted by Crippen LogP contribution is 2.50. The van der Waals surface area contributed by atoms with E-state index in [1.54, 1.807) is 6.07 Å². The van der Waals surface area contributed by atoms with E-state index in [9.17, 15) is 20.4 Å². The third-order valence-corrected chi connectivity index (χ3v) is 17.5. The number of H-pyrrole nitrogens is 2. The SMILES string of the molecule is CNC[C@H]1C#C[C@@H]2Nc3[nH]ccc3Cc3cc(ccc3C3(CCCC3)[C@@H]1O)Cc1cc(cc(OC3CCCC3)c1O)CCC(=O)[C@@H](CCO)C(=O)[C@@H]1C2=Cc2[nH]ccc2[C@H]1C[C@@H]1C=Cc2c(O)cccc2CC1. The molecular formula is C62H70N4O7. The summed E-state index contributed by atoms with van der Waals surface area (Å²) in [4.78, 5) is 38.1. The fourth-order valence-corrected chi connectivity index (χ4v) is 13.7. The monoisotopic (exact) mass is 983 g/mol. The lowest BCUT2D eigenvalue weighted by atomic mass is 9.66. The van der Waals surface area contributed by atoms with Crippen molar-refractivity contribution in [1.82, 2.24) is 15.3 Å². The van der Waals surface area contributed by atoms with Crippen molar-refractivity contribution in [3.05, 3.63) is 140 Å². The van der Waals surface area contributed by atoms with E-state index in [1.165, 1.54) is 0 Å². The Bertz CT molecular complexity index is 2990. The first kappa shape index (κ1) is 48.9. The van der Waals surface area contributed by atoms with E-state index >= 15 is 9.59 Å². The summed E-state index contributed by atoms with van der Waals surface area (Å²) < 4.78 is 6.57. The molecule has 4 heterocycles. The number of aliphatic hydroxyl groups is 2. The second-order valence-corrected chi connectivity index (χ2v) is 21.9. The van der Waals surface area contributed by atoms with Gasteiger partial charge < -0.3 is 45.8 Å². The lowest BCUT2D eigenvalue weighted by molar-refractivity contribution is -0.135. The van der Waals surface area contributed by atoms with Crippen molar-refractivity contribution in [1.29, 1.82) is 0 Å². The van der Waals surface area contributed by atoms with Crippen LogP contribution in [0.2, 0.25) is 0 Å². The number of ether oxygens (including phenoxy) is 1. The fraction of sp³-hybridized carbons (Fsp3) is 0.452. The van der Waals surface area contributed by atoms with Gasteiger partial charge in [0, 0.05) is 78.9 Å². The number of phenols is 2. The van der Waals surface area contributed by atoms with Crippen molar-refractivity contribution in [3.63, 3.8) is 0 Å². The number of aromatic nitrogens is 2. The molecule has 3 aromatic carbocycles. The highest BCUT2D eigenvalue weighted by molar-refractivity contribution is 6.05. The maximum Gasteiger partial charge on any atom is 0.161 e. The van der Waals surface area contributed by atoms with Crippen LogP contribution in [0.4, 0.5) is 5.82 Å². The van der Waals surface area contributed by atoms with E-state index < -0.39 is 35.3 Å². The summed E-state index contributed by atoms with van der Waals surface area (Å²) in [6, 6.07) is 19.6. The van der Waals surface area contributed by atoms with Gasteiger partial charge >= 0.3 is 0 Å². The van der Waals surface area contributed by atoms with Gasteiger partial charge in [-0.25, -0.2) is 0 Å². The van der Waals surface area contributed by atoms with E-state index in [0.717, 1.165) is 126 Å². The molecule has 2 aliphatic heterocycles. The Kier molecular flexibility index (Phi) is 14.0. The number of aromatic amines is 2. The zero-order valence-electron chi connectivity index (χ0n) is 42.0. The molecule has 380 valence electrons. The number of Topliss-reactive ketones (excluding diaryl/α,β-unsaturated/α-hetero) is 2. The average Bonchev–Trinajstić information content (AvgIpc) is 4.24. The number of carbonyl (C=O) groups is 2. The first-order chi connectivity index (χ1) is 35.6. The number of phenolic OH excluding ortho intramolecular Hbond substituents is 2. The average molecular weight is 983 g/mol. The Morgan fingerprint density at radius 3 is 2.48 bits per heavy atom. The van der Waals surface area contributed by atoms with Gasteiger partial charge in [0.15, 0.2) is 17.3 Å². The molecule has 1 spiro atoms. The number of hydrogen-bond donors (Lipinski definition) is 8. The zero-order valence-corrected chi connectivity index (χ0v) is 42.0. The Labute approximate surface area is 429 Å². The van der Waals surface area contributed by atoms with E-state index in [0.29, 0.717) is 43.5 Å². The van der Waals surface area contributed by atoms with Crippen LogP contribution >= 0.6 is 0 Å². The van der Waals surface area contributed by atoms with E-state index in [2.05, 4.69) is 81.0 Å². The summed E-state index contributed by atoms with van der Waals surface area (Å²) in [5.41, 5.74) is 9.71. The van der Waals surface area contributed by atoms with Crippen molar-refractivity contribution in [2.75, 3.05) is 25.5 Å². The summed E-state index contributed by atoms with van der Waals surface area (Å²) in [7, 11) is 1.89. The molecule has 11 nitrogen and oxygen atoms in total. The maximum absolute atomic E-state index is 16.1. The minimum absolute atomic E-state index is 0.00917. The number of aryl methyl sites for hydroxylation is 2. The number of fused-ring (bicyclic) bond motifs is 9. The molecule has 2 aromatic heterocycles. The Morgan fingerprint density at radius 1 is 0.836 bits per heavy atom. The minimum atomic E-state index is -1.11. The van der Waals surface area contributed by atoms with Crippen LogP contribution < -0.4 is 15.4 Å². The molecule has 2 saturated carbocycles. The maximum atomic E-state index is 16.1. The van der Waals surface area contributed by atoms with Crippen LogP contribution in [-0.2, 0) is 40.7 Å². The van der Waals surface area contributed by atoms with Gasteiger partial charge in [0.2, 0.25) is 0 Å². The van der Waals surface area contributed by atoms with Crippen LogP contribution in [0, 0.1) is 35.5 Å². The summed E-state index contributed by atoms with van der Waals surface area (Å²) in [6.45, 7) is 0.0947. The molecule has 0 amide bonds. The predicted molar refractivity (Wildman–Crippen MR) is 285 cm³/mol. The highest BCUT2D eigenvalue weighted by atomic mass is 16.5. The van der Waals surface area contributed by atoms with Gasteiger partial charge in [-0.1, -0.05) is 73.2 Å². The number of rotatable bonds is 8. The molecule has 2 fully saturated rings. The largest absolute Gasteiger partial charge is 0.507 e. The molecule has 6 aliphatic rings. The Morgan fingerprint density at radius 2 is 1.66 bits per heavy atom. The summed E-state index contributed by atoms with van der Waals surface area (Å²) in [5, 5.41) is 53.9. The quantitative estimate of drug-likeness (QED) is 0.0555. The van der Waals surface area contributed by atoms with Crippen LogP contribution in [0.15, 0.2) is 84.7 Å². The third-order valence-electron chi connectivity index (χ3n) is 17.5. The summed E-state index contributed by atoms with van der Waals surface area (Å²) in [6.07, 6.45) is 20.3. The van der Waals surface area contributed by atoms with Crippen molar-refractivity contribution in [2.24, 2.45) is 23.7 Å². The number of hydrogen-bond acceptors (Lipinski definition) is 9. The second-order valence-electron chi connectivity index (χ2n) is 21.9. The lowest BCUT2D eigenvalue weighted by Gasteiger charge is -2.40. The molecular weight excluding hydrogens is 913 g/mol. The highest BCUT2D eigenvalue weighted by Gasteiger charge is 2.48. The van der Waals surface area contributed by atoms with Gasteiger partial charge in [-0.15, -0.1) is 0 Å². The number of carbonyl (C=O) groups excluding carboxylic acids is 2. The molecule has 5 aromatic rings. The van der Waals surface area contributed by atoms with Crippen LogP contribution in [0.3, 0.4) is 0 Å². The summed E-state index contributed by atoms with van der Waals surface area (Å²) in [5.74, 6) is 5.58. The zero-order chi connectivity index (χ0) is 50.2. The number of aliphatic hydroxyl groups excluding tert-OH is 2. The number of ketones is 2. The minimum Gasteiger partial charge on any atom is -0.507 e. The molecule has 73 heavy (non-hydrogen) atoms. The third kappa shape index (κ3) is 9.59. The Hall–Kier alpha value is -6.32. The summed E-state index contributed by atoms with van der Waals surface area (Å²) >= 11 is 0. The van der Waals surface area contributed by atoms with Gasteiger partial charge in [-0.2, -0.15) is 0 Å². The van der Waals surface area contributed by atoms with E-state index in [1.807, 2.05) is 43.7 Å². The van der Waals surface area contributed by atoms with Crippen LogP contribution in [0.5, 0.6) is 17.2 Å². The number of nitrogens with one attached hydrogen (secondary N) is 4. The van der Waals surface area contributed by atoms with Gasteiger partial charge in [-0.05, 0) is 158 Å². The van der Waals surface area contributed by atoms with Crippen molar-refractivity contribution in [3.8, 4) is 29.1 Å². The normalized spacial score (nSPS) is 25.7. The Balaban J connectivity index is 1.10. The molecule has 8 N–H and O–H groups in total. The van der Waals surface area contributed by atoms with Crippen LogP contribution in [-0.4, -0.2) is 80.4 Å². The smallest absolute Gasteiger partial charge is 0.161 e. The van der Waals surface area contributed by atoms with E-state index in [-0.39, 0.29) is 60.5 Å². The molecule has 4 aliphatic carbocycles. The number of allylic oxidation sites excluding steroid dienone is 1. The molecule has 0 unspecified atom stereocenters. The van der Waals surface area contributed by atoms with Crippen molar-refractivity contribution in [2.45, 2.75) is 132 Å². The van der Waals surface area contributed by atoms with E-state index in [4.69, 9.17) is 4.74 Å². The molecule has 5 bridgehead atoms. The topological polar surface area (TPSA) is 180 Å². The van der Waals surface area contributed by atoms with Gasteiger partial charge in [-0.3, -0.25) is 9.59 Å². The van der Waals surface area contributed by atoms with Crippen LogP contribution in [0.25, 0.3) is 12.2 Å². The lowest BCUT2D eigenvalue weighted by Crippen LogP contribution is -2.45. The number of benzene rings is 3. The van der Waals surface area contributed by atoms with Crippen molar-refractivity contribution < 1.29 is 34.8 Å². The van der Waals surface area contributed by atoms with Crippen molar-refractivity contribution >= 4 is 29.5 Å². The first-order valence-corrected chi connectivity index (χ1v) is 27.1. The van der Waals surface area contributed by atoms with Gasteiger partial charge in [0.05, 0.1) is 24.0 Å². The molecule has 0 radical (unpaired) electrons. The molecule has 0 saturated heterocycles. The predicted octanol–water partition coefficient (Wildman–Crippen LogP) is 9.61.